The molecule has 0 fully saturated rings. The molecule has 4 nitrogen and oxygen atoms in total. The first kappa shape index (κ1) is 15.5. The smallest absolute Gasteiger partial charge is 0.309 e. The van der Waals surface area contributed by atoms with E-state index in [1.54, 1.807) is 0 Å². The van der Waals surface area contributed by atoms with Crippen molar-refractivity contribution in [1.82, 2.24) is 0 Å². The van der Waals surface area contributed by atoms with Crippen LogP contribution < -0.4 is 5.32 Å². The molecule has 0 unspecified atom stereocenters. The van der Waals surface area contributed by atoms with Gasteiger partial charge in [0.1, 0.15) is 5.82 Å². The molecule has 2 rings (SSSR count). The molecule has 112 valence electrons. The lowest BCUT2D eigenvalue weighted by molar-refractivity contribution is -0.151. The minimum Gasteiger partial charge on any atom is -0.455 e. The number of carbonyl (C=O) groups excluding carboxylic acids is 2. The molecule has 0 saturated heterocycles. The van der Waals surface area contributed by atoms with E-state index >= 15 is 0 Å². The number of ether oxygens (including phenoxy) is 1. The standard InChI is InChI=1S/C15H15ClFNO3/c16-11-6-7-12(17)13(8-11)18-14(19)9-21-15(20)10-4-2-1-3-5-10/h1-2,6-8,10H,3-5,9H2,(H,18,19)/t10-/m1/s1. The maximum Gasteiger partial charge on any atom is 0.309 e. The number of hydrogen-bond donors (Lipinski definition) is 1. The van der Waals surface area contributed by atoms with Gasteiger partial charge in [0.25, 0.3) is 5.91 Å². The SMILES string of the molecule is O=C(COC(=O)[C@@H]1CC=CCC1)Nc1cc(Cl)ccc1F. The van der Waals surface area contributed by atoms with E-state index in [0.717, 1.165) is 18.9 Å². The van der Waals surface area contributed by atoms with Gasteiger partial charge in [0.2, 0.25) is 0 Å². The predicted molar refractivity (Wildman–Crippen MR) is 77.5 cm³/mol. The van der Waals surface area contributed by atoms with Crippen molar-refractivity contribution in [2.24, 2.45) is 5.92 Å². The molecular formula is C15H15ClFNO3. The molecule has 0 bridgehead atoms. The zero-order valence-electron chi connectivity index (χ0n) is 11.3. The third-order valence-corrected chi connectivity index (χ3v) is 3.39. The van der Waals surface area contributed by atoms with Crippen molar-refractivity contribution in [1.29, 1.82) is 0 Å². The van der Waals surface area contributed by atoms with Crippen LogP contribution in [0.15, 0.2) is 30.4 Å². The zero-order valence-corrected chi connectivity index (χ0v) is 12.0. The lowest BCUT2D eigenvalue weighted by atomic mass is 9.95. The zero-order chi connectivity index (χ0) is 15.2. The van der Waals surface area contributed by atoms with E-state index in [-0.39, 0.29) is 11.6 Å². The Balaban J connectivity index is 1.83. The van der Waals surface area contributed by atoms with E-state index in [0.29, 0.717) is 11.4 Å². The Morgan fingerprint density at radius 2 is 2.19 bits per heavy atom. The van der Waals surface area contributed by atoms with E-state index in [4.69, 9.17) is 16.3 Å². The second-order valence-electron chi connectivity index (χ2n) is 4.76. The van der Waals surface area contributed by atoms with Crippen molar-refractivity contribution in [3.63, 3.8) is 0 Å². The number of rotatable bonds is 4. The summed E-state index contributed by atoms with van der Waals surface area (Å²) in [5.41, 5.74) is -0.0378. The van der Waals surface area contributed by atoms with Crippen molar-refractivity contribution in [2.75, 3.05) is 11.9 Å². The summed E-state index contributed by atoms with van der Waals surface area (Å²) in [5.74, 6) is -1.81. The van der Waals surface area contributed by atoms with Crippen LogP contribution in [0.2, 0.25) is 5.02 Å². The molecule has 1 amide bonds. The van der Waals surface area contributed by atoms with Gasteiger partial charge in [-0.05, 0) is 37.5 Å². The highest BCUT2D eigenvalue weighted by Crippen LogP contribution is 2.20. The molecule has 0 heterocycles. The van der Waals surface area contributed by atoms with Gasteiger partial charge in [-0.1, -0.05) is 23.8 Å². The number of hydrogen-bond acceptors (Lipinski definition) is 3. The summed E-state index contributed by atoms with van der Waals surface area (Å²) >= 11 is 5.72. The fourth-order valence-electron chi connectivity index (χ4n) is 2.04. The molecule has 0 aliphatic heterocycles. The number of anilines is 1. The van der Waals surface area contributed by atoms with Crippen LogP contribution in [0.25, 0.3) is 0 Å². The van der Waals surface area contributed by atoms with Gasteiger partial charge < -0.3 is 10.1 Å². The Kier molecular flexibility index (Phi) is 5.33. The van der Waals surface area contributed by atoms with Crippen LogP contribution in [-0.2, 0) is 14.3 Å². The molecule has 1 N–H and O–H groups in total. The molecular weight excluding hydrogens is 297 g/mol. The van der Waals surface area contributed by atoms with Crippen molar-refractivity contribution in [3.05, 3.63) is 41.2 Å². The van der Waals surface area contributed by atoms with Gasteiger partial charge in [-0.15, -0.1) is 0 Å². The average molecular weight is 312 g/mol. The summed E-state index contributed by atoms with van der Waals surface area (Å²) in [4.78, 5) is 23.4. The first-order chi connectivity index (χ1) is 10.1. The molecule has 1 aliphatic rings. The Labute approximate surface area is 126 Å². The Morgan fingerprint density at radius 1 is 1.38 bits per heavy atom. The number of halogens is 2. The lowest BCUT2D eigenvalue weighted by Gasteiger charge is -2.16. The summed E-state index contributed by atoms with van der Waals surface area (Å²) in [5, 5.41) is 2.62. The number of carbonyl (C=O) groups is 2. The maximum atomic E-state index is 13.4. The molecule has 0 aromatic heterocycles. The van der Waals surface area contributed by atoms with Crippen LogP contribution in [0.3, 0.4) is 0 Å². The normalized spacial score (nSPS) is 17.3. The molecule has 0 spiro atoms. The quantitative estimate of drug-likeness (QED) is 0.685. The highest BCUT2D eigenvalue weighted by Gasteiger charge is 2.21. The number of allylic oxidation sites excluding steroid dienone is 2. The minimum absolute atomic E-state index is 0.0378. The second-order valence-corrected chi connectivity index (χ2v) is 5.20. The van der Waals surface area contributed by atoms with E-state index in [9.17, 15) is 14.0 Å². The largest absolute Gasteiger partial charge is 0.455 e. The average Bonchev–Trinajstić information content (AvgIpc) is 2.49. The molecule has 6 heteroatoms. The third kappa shape index (κ3) is 4.56. The maximum absolute atomic E-state index is 13.4. The van der Waals surface area contributed by atoms with Crippen LogP contribution in [-0.4, -0.2) is 18.5 Å². The fraction of sp³-hybridized carbons (Fsp3) is 0.333. The summed E-state index contributed by atoms with van der Waals surface area (Å²) in [6.45, 7) is -0.439. The van der Waals surface area contributed by atoms with Crippen molar-refractivity contribution in [2.45, 2.75) is 19.3 Å². The van der Waals surface area contributed by atoms with E-state index < -0.39 is 24.3 Å². The minimum atomic E-state index is -0.601. The van der Waals surface area contributed by atoms with Gasteiger partial charge in [0.05, 0.1) is 11.6 Å². The molecule has 21 heavy (non-hydrogen) atoms. The van der Waals surface area contributed by atoms with Crippen molar-refractivity contribution in [3.8, 4) is 0 Å². The van der Waals surface area contributed by atoms with Gasteiger partial charge >= 0.3 is 5.97 Å². The summed E-state index contributed by atoms with van der Waals surface area (Å²) < 4.78 is 18.4. The number of nitrogens with one attached hydrogen (secondary N) is 1. The molecule has 1 aromatic carbocycles. The Morgan fingerprint density at radius 3 is 2.90 bits per heavy atom. The van der Waals surface area contributed by atoms with Crippen molar-refractivity contribution >= 4 is 29.2 Å². The molecule has 0 radical (unpaired) electrons. The molecule has 0 saturated carbocycles. The van der Waals surface area contributed by atoms with E-state index in [1.807, 2.05) is 12.2 Å². The fourth-order valence-corrected chi connectivity index (χ4v) is 2.21. The summed E-state index contributed by atoms with van der Waals surface area (Å²) in [7, 11) is 0. The first-order valence-electron chi connectivity index (χ1n) is 6.63. The van der Waals surface area contributed by atoms with Gasteiger partial charge in [0, 0.05) is 5.02 Å². The first-order valence-corrected chi connectivity index (χ1v) is 7.00. The summed E-state index contributed by atoms with van der Waals surface area (Å²) in [6.07, 6.45) is 6.12. The predicted octanol–water partition coefficient (Wildman–Crippen LogP) is 3.32. The van der Waals surface area contributed by atoms with Crippen LogP contribution in [0.4, 0.5) is 10.1 Å². The highest BCUT2D eigenvalue weighted by molar-refractivity contribution is 6.30. The lowest BCUT2D eigenvalue weighted by Crippen LogP contribution is -2.25. The van der Waals surface area contributed by atoms with Gasteiger partial charge in [-0.2, -0.15) is 0 Å². The number of esters is 1. The van der Waals surface area contributed by atoms with Crippen LogP contribution >= 0.6 is 11.6 Å². The number of amides is 1. The molecule has 1 aliphatic carbocycles. The third-order valence-electron chi connectivity index (χ3n) is 3.15. The number of benzene rings is 1. The topological polar surface area (TPSA) is 55.4 Å². The van der Waals surface area contributed by atoms with E-state index in [2.05, 4.69) is 5.32 Å². The van der Waals surface area contributed by atoms with Gasteiger partial charge in [-0.25, -0.2) is 4.39 Å². The van der Waals surface area contributed by atoms with Crippen molar-refractivity contribution < 1.29 is 18.7 Å². The highest BCUT2D eigenvalue weighted by atomic mass is 35.5. The Bertz CT molecular complexity index is 574. The Hall–Kier alpha value is -1.88. The van der Waals surface area contributed by atoms with Crippen LogP contribution in [0.1, 0.15) is 19.3 Å². The van der Waals surface area contributed by atoms with Crippen LogP contribution in [0, 0.1) is 11.7 Å². The van der Waals surface area contributed by atoms with Crippen LogP contribution in [0.5, 0.6) is 0 Å². The monoisotopic (exact) mass is 311 g/mol. The van der Waals surface area contributed by atoms with Gasteiger partial charge in [-0.3, -0.25) is 9.59 Å². The molecule has 1 atom stereocenters. The van der Waals surface area contributed by atoms with Gasteiger partial charge in [0.15, 0.2) is 6.61 Å². The second kappa shape index (κ2) is 7.22. The van der Waals surface area contributed by atoms with E-state index in [1.165, 1.54) is 12.1 Å². The summed E-state index contributed by atoms with van der Waals surface area (Å²) in [6, 6.07) is 3.82. The molecule has 1 aromatic rings.